The van der Waals surface area contributed by atoms with Crippen molar-refractivity contribution in [3.8, 4) is 0 Å². The highest BCUT2D eigenvalue weighted by atomic mass is 35.5. The summed E-state index contributed by atoms with van der Waals surface area (Å²) in [6.45, 7) is 0. The quantitative estimate of drug-likeness (QED) is 0.845. The number of nitrogens with zero attached hydrogens (tertiary/aromatic N) is 1. The zero-order valence-corrected chi connectivity index (χ0v) is 11.7. The Bertz CT molecular complexity index is 714. The first-order valence-corrected chi connectivity index (χ1v) is 6.29. The van der Waals surface area contributed by atoms with Gasteiger partial charge in [-0.05, 0) is 24.3 Å². The highest BCUT2D eigenvalue weighted by Gasteiger charge is 2.13. The molecule has 5 nitrogen and oxygen atoms in total. The van der Waals surface area contributed by atoms with Crippen LogP contribution >= 0.6 is 23.2 Å². The fourth-order valence-electron chi connectivity index (χ4n) is 1.52. The van der Waals surface area contributed by atoms with Crippen LogP contribution in [0.15, 0.2) is 30.5 Å². The number of rotatable bonds is 3. The summed E-state index contributed by atoms with van der Waals surface area (Å²) in [5, 5.41) is 10.8. The number of anilines is 1. The number of aromatic nitrogens is 1. The average Bonchev–Trinajstić information content (AvgIpc) is 2.44. The molecule has 0 fully saturated rings. The molecule has 0 aliphatic heterocycles. The maximum Gasteiger partial charge on any atom is 0.354 e. The molecule has 0 unspecified atom stereocenters. The van der Waals surface area contributed by atoms with Crippen molar-refractivity contribution >= 4 is 40.8 Å². The van der Waals surface area contributed by atoms with E-state index >= 15 is 0 Å². The Morgan fingerprint density at radius 3 is 2.38 bits per heavy atom. The molecule has 1 aromatic carbocycles. The molecule has 2 N–H and O–H groups in total. The van der Waals surface area contributed by atoms with E-state index < -0.39 is 17.7 Å². The van der Waals surface area contributed by atoms with Crippen LogP contribution in [-0.2, 0) is 0 Å². The molecule has 2 aromatic rings. The molecule has 0 aliphatic rings. The van der Waals surface area contributed by atoms with Gasteiger partial charge in [0.1, 0.15) is 5.69 Å². The summed E-state index contributed by atoms with van der Waals surface area (Å²) in [5.74, 6) is -2.63. The summed E-state index contributed by atoms with van der Waals surface area (Å²) in [7, 11) is 0. The van der Waals surface area contributed by atoms with E-state index in [9.17, 15) is 14.0 Å². The van der Waals surface area contributed by atoms with Crippen LogP contribution < -0.4 is 5.32 Å². The van der Waals surface area contributed by atoms with Crippen LogP contribution in [0.3, 0.4) is 0 Å². The maximum atomic E-state index is 13.3. The van der Waals surface area contributed by atoms with E-state index in [4.69, 9.17) is 28.3 Å². The van der Waals surface area contributed by atoms with Crippen LogP contribution in [0, 0.1) is 5.82 Å². The van der Waals surface area contributed by atoms with Crippen LogP contribution in [0.25, 0.3) is 0 Å². The van der Waals surface area contributed by atoms with E-state index in [-0.39, 0.29) is 27.0 Å². The van der Waals surface area contributed by atoms with Crippen molar-refractivity contribution < 1.29 is 19.1 Å². The van der Waals surface area contributed by atoms with Crippen LogP contribution in [0.4, 0.5) is 10.1 Å². The van der Waals surface area contributed by atoms with E-state index in [1.807, 2.05) is 0 Å². The zero-order chi connectivity index (χ0) is 15.6. The van der Waals surface area contributed by atoms with Gasteiger partial charge in [0.05, 0.1) is 10.0 Å². The molecule has 1 aromatic heterocycles. The molecule has 21 heavy (non-hydrogen) atoms. The van der Waals surface area contributed by atoms with Gasteiger partial charge in [0.25, 0.3) is 5.91 Å². The number of pyridine rings is 1. The first-order chi connectivity index (χ1) is 9.88. The number of nitrogens with one attached hydrogen (secondary N) is 1. The third-order valence-electron chi connectivity index (χ3n) is 2.48. The van der Waals surface area contributed by atoms with Crippen molar-refractivity contribution in [2.75, 3.05) is 5.32 Å². The number of carboxylic acid groups (broad SMARTS) is 1. The highest BCUT2D eigenvalue weighted by Crippen LogP contribution is 2.27. The topological polar surface area (TPSA) is 79.3 Å². The molecule has 0 saturated heterocycles. The van der Waals surface area contributed by atoms with Gasteiger partial charge in [0, 0.05) is 17.4 Å². The molecule has 2 rings (SSSR count). The van der Waals surface area contributed by atoms with Crippen LogP contribution in [0.2, 0.25) is 10.0 Å². The molecule has 0 atom stereocenters. The molecule has 0 radical (unpaired) electrons. The van der Waals surface area contributed by atoms with Gasteiger partial charge in [-0.25, -0.2) is 14.2 Å². The zero-order valence-electron chi connectivity index (χ0n) is 10.2. The lowest BCUT2D eigenvalue weighted by molar-refractivity contribution is 0.0690. The minimum absolute atomic E-state index is 0.0824. The summed E-state index contributed by atoms with van der Waals surface area (Å²) in [6.07, 6.45) is 1.20. The predicted molar refractivity (Wildman–Crippen MR) is 75.6 cm³/mol. The minimum Gasteiger partial charge on any atom is -0.477 e. The monoisotopic (exact) mass is 328 g/mol. The average molecular weight is 329 g/mol. The summed E-state index contributed by atoms with van der Waals surface area (Å²) in [4.78, 5) is 26.4. The van der Waals surface area contributed by atoms with Crippen molar-refractivity contribution in [1.29, 1.82) is 0 Å². The number of aromatic carboxylic acids is 1. The second-order valence-corrected chi connectivity index (χ2v) is 4.76. The molecule has 1 heterocycles. The van der Waals surface area contributed by atoms with Gasteiger partial charge in [0.15, 0.2) is 5.82 Å². The number of hydrogen-bond donors (Lipinski definition) is 2. The number of carbonyl (C=O) groups excluding carboxylic acids is 1. The first-order valence-electron chi connectivity index (χ1n) is 5.53. The third kappa shape index (κ3) is 3.48. The molecular weight excluding hydrogens is 322 g/mol. The summed E-state index contributed by atoms with van der Waals surface area (Å²) in [6, 6.07) is 4.85. The minimum atomic E-state index is -1.25. The van der Waals surface area contributed by atoms with Crippen molar-refractivity contribution in [3.63, 3.8) is 0 Å². The van der Waals surface area contributed by atoms with E-state index in [0.29, 0.717) is 0 Å². The molecular formula is C13H7Cl2FN2O3. The smallest absolute Gasteiger partial charge is 0.354 e. The second-order valence-electron chi connectivity index (χ2n) is 3.94. The number of carbonyl (C=O) groups is 2. The van der Waals surface area contributed by atoms with Gasteiger partial charge >= 0.3 is 5.97 Å². The van der Waals surface area contributed by atoms with Crippen LogP contribution in [-0.4, -0.2) is 22.0 Å². The van der Waals surface area contributed by atoms with E-state index in [1.165, 1.54) is 24.4 Å². The van der Waals surface area contributed by atoms with Crippen molar-refractivity contribution in [2.45, 2.75) is 0 Å². The first kappa shape index (κ1) is 15.2. The number of halogens is 3. The van der Waals surface area contributed by atoms with Crippen molar-refractivity contribution in [2.24, 2.45) is 0 Å². The van der Waals surface area contributed by atoms with Gasteiger partial charge in [-0.2, -0.15) is 0 Å². The molecule has 0 spiro atoms. The van der Waals surface area contributed by atoms with Gasteiger partial charge < -0.3 is 10.4 Å². The Labute approximate surface area is 128 Å². The lowest BCUT2D eigenvalue weighted by atomic mass is 10.2. The number of amides is 1. The Kier molecular flexibility index (Phi) is 4.40. The largest absolute Gasteiger partial charge is 0.477 e. The number of benzene rings is 1. The SMILES string of the molecule is O=C(Nc1cc(Cl)c(F)c(Cl)c1)c1ccnc(C(=O)O)c1. The van der Waals surface area contributed by atoms with Gasteiger partial charge in [-0.1, -0.05) is 23.2 Å². The molecule has 0 aliphatic carbocycles. The lowest BCUT2D eigenvalue weighted by Gasteiger charge is -2.07. The fraction of sp³-hybridized carbons (Fsp3) is 0. The van der Waals surface area contributed by atoms with Crippen LogP contribution in [0.1, 0.15) is 20.8 Å². The molecule has 0 bridgehead atoms. The Hall–Kier alpha value is -2.18. The van der Waals surface area contributed by atoms with Crippen molar-refractivity contribution in [1.82, 2.24) is 4.98 Å². The van der Waals surface area contributed by atoms with E-state index in [2.05, 4.69) is 10.3 Å². The lowest BCUT2D eigenvalue weighted by Crippen LogP contribution is -2.13. The van der Waals surface area contributed by atoms with Gasteiger partial charge in [-0.15, -0.1) is 0 Å². The highest BCUT2D eigenvalue weighted by molar-refractivity contribution is 6.35. The van der Waals surface area contributed by atoms with Crippen molar-refractivity contribution in [3.05, 3.63) is 57.6 Å². The fourth-order valence-corrected chi connectivity index (χ4v) is 2.01. The molecule has 8 heteroatoms. The molecule has 108 valence electrons. The van der Waals surface area contributed by atoms with Gasteiger partial charge in [0.2, 0.25) is 0 Å². The summed E-state index contributed by atoms with van der Waals surface area (Å²) in [5.41, 5.74) is 0.00174. The summed E-state index contributed by atoms with van der Waals surface area (Å²) < 4.78 is 13.3. The number of hydrogen-bond acceptors (Lipinski definition) is 3. The van der Waals surface area contributed by atoms with E-state index in [1.54, 1.807) is 0 Å². The predicted octanol–water partition coefficient (Wildman–Crippen LogP) is 3.48. The molecule has 1 amide bonds. The third-order valence-corrected chi connectivity index (χ3v) is 3.03. The molecule has 0 saturated carbocycles. The van der Waals surface area contributed by atoms with Gasteiger partial charge in [-0.3, -0.25) is 4.79 Å². The Balaban J connectivity index is 2.26. The van der Waals surface area contributed by atoms with E-state index in [0.717, 1.165) is 6.07 Å². The number of carboxylic acids is 1. The summed E-state index contributed by atoms with van der Waals surface area (Å²) >= 11 is 11.2. The Morgan fingerprint density at radius 1 is 1.19 bits per heavy atom. The maximum absolute atomic E-state index is 13.3. The normalized spacial score (nSPS) is 10.2. The standard InChI is InChI=1S/C13H7Cl2FN2O3/c14-8-4-7(5-9(15)11(8)16)18-12(19)6-1-2-17-10(3-6)13(20)21/h1-5H,(H,18,19)(H,20,21). The van der Waals surface area contributed by atoms with Crippen LogP contribution in [0.5, 0.6) is 0 Å². The second kappa shape index (κ2) is 6.07. The Morgan fingerprint density at radius 2 is 1.81 bits per heavy atom.